The summed E-state index contributed by atoms with van der Waals surface area (Å²) in [4.78, 5) is 23.9. The van der Waals surface area contributed by atoms with Crippen LogP contribution in [0.3, 0.4) is 0 Å². The fraction of sp³-hybridized carbons (Fsp3) is 0. The highest BCUT2D eigenvalue weighted by molar-refractivity contribution is 6.06. The highest BCUT2D eigenvalue weighted by Gasteiger charge is 2.17. The van der Waals surface area contributed by atoms with Crippen LogP contribution in [-0.4, -0.2) is 47.6 Å². The fourth-order valence-corrected chi connectivity index (χ4v) is 2.18. The van der Waals surface area contributed by atoms with Crippen LogP contribution in [0.4, 0.5) is 10.1 Å². The highest BCUT2D eigenvalue weighted by atomic mass is 19.1. The van der Waals surface area contributed by atoms with E-state index in [0.29, 0.717) is 5.56 Å². The number of hydrogen-bond acceptors (Lipinski definition) is 5. The summed E-state index contributed by atoms with van der Waals surface area (Å²) in [5.74, 6) is -0.676. The highest BCUT2D eigenvalue weighted by Crippen LogP contribution is 2.21. The maximum atomic E-state index is 13.8. The third-order valence-corrected chi connectivity index (χ3v) is 3.53. The maximum Gasteiger partial charge on any atom is 0.337 e. The lowest BCUT2D eigenvalue weighted by atomic mass is 10.1. The van der Waals surface area contributed by atoms with Crippen LogP contribution in [0.15, 0.2) is 36.8 Å². The predicted molar refractivity (Wildman–Crippen MR) is 95.2 cm³/mol. The quantitative estimate of drug-likeness (QED) is 0.434. The summed E-state index contributed by atoms with van der Waals surface area (Å²) in [5, 5.41) is 31.1. The number of carboxylic acid groups (broad SMARTS) is 1. The largest absolute Gasteiger partial charge is 0.478 e. The number of halogens is 1. The van der Waals surface area contributed by atoms with Gasteiger partial charge < -0.3 is 10.4 Å². The van der Waals surface area contributed by atoms with Gasteiger partial charge in [-0.1, -0.05) is 5.92 Å². The molecule has 0 bridgehead atoms. The van der Waals surface area contributed by atoms with Gasteiger partial charge in [-0.25, -0.2) is 9.18 Å². The van der Waals surface area contributed by atoms with Gasteiger partial charge >= 0.3 is 5.97 Å². The molecule has 2 heterocycles. The molecule has 0 radical (unpaired) electrons. The van der Waals surface area contributed by atoms with Crippen LogP contribution in [0, 0.1) is 18.2 Å². The maximum absolute atomic E-state index is 13.8. The first-order valence-corrected chi connectivity index (χ1v) is 7.66. The monoisotopic (exact) mass is 381 g/mol. The van der Waals surface area contributed by atoms with Gasteiger partial charge in [0, 0.05) is 12.4 Å². The van der Waals surface area contributed by atoms with Crippen molar-refractivity contribution in [1.29, 1.82) is 0 Å². The number of carboxylic acids is 1. The summed E-state index contributed by atoms with van der Waals surface area (Å²) in [7, 11) is 0. The molecule has 11 heteroatoms. The summed E-state index contributed by atoms with van der Waals surface area (Å²) in [6.07, 6.45) is 9.55. The van der Waals surface area contributed by atoms with Crippen LogP contribution in [0.5, 0.6) is 0 Å². The number of aromatic carboxylic acids is 1. The van der Waals surface area contributed by atoms with Crippen LogP contribution in [0.2, 0.25) is 0 Å². The topological polar surface area (TPSA) is 152 Å². The average Bonchev–Trinajstić information content (AvgIpc) is 3.17. The molecule has 1 amide bonds. The van der Waals surface area contributed by atoms with Crippen molar-refractivity contribution in [3.05, 3.63) is 59.4 Å². The van der Waals surface area contributed by atoms with Crippen molar-refractivity contribution in [2.45, 2.75) is 0 Å². The number of carbonyl (C=O) groups excluding carboxylic acids is 1. The molecule has 3 aromatic rings. The van der Waals surface area contributed by atoms with Crippen LogP contribution >= 0.6 is 0 Å². The minimum absolute atomic E-state index is 0.0471. The lowest BCUT2D eigenvalue weighted by Gasteiger charge is -2.09. The third-order valence-electron chi connectivity index (χ3n) is 3.53. The smallest absolute Gasteiger partial charge is 0.337 e. The summed E-state index contributed by atoms with van der Waals surface area (Å²) in [6.45, 7) is 0. The number of aromatic amines is 3. The first-order valence-electron chi connectivity index (χ1n) is 7.66. The standard InChI is InChI=1S/C17H12FN7O3/c1-2-9-5-14(11(17(27)28)6-12(9)18)22-16(26)13-3-4-19-24-15(25-23-13)10-7-20-21-8-10/h1,3-8,23H,(H,20,21)(H,22,26)(H,24,25)(H,27,28). The minimum Gasteiger partial charge on any atom is -0.478 e. The molecule has 0 aliphatic rings. The van der Waals surface area contributed by atoms with Crippen molar-refractivity contribution in [2.24, 2.45) is 0 Å². The molecular weight excluding hydrogens is 369 g/mol. The summed E-state index contributed by atoms with van der Waals surface area (Å²) < 4.78 is 13.8. The number of nitrogens with zero attached hydrogens (tertiary/aromatic N) is 3. The van der Waals surface area contributed by atoms with E-state index in [2.05, 4.69) is 41.8 Å². The molecule has 0 unspecified atom stereocenters. The Morgan fingerprint density at radius 2 is 2.07 bits per heavy atom. The van der Waals surface area contributed by atoms with E-state index < -0.39 is 23.3 Å². The van der Waals surface area contributed by atoms with E-state index in [1.54, 1.807) is 6.20 Å². The van der Waals surface area contributed by atoms with Crippen LogP contribution < -0.4 is 5.32 Å². The minimum atomic E-state index is -1.43. The SMILES string of the molecule is C#Cc1cc(NC(=O)c2ccn[nH]c(-c3cn[nH]c3)n[nH]2)c(C(=O)O)cc1F. The number of rotatable bonds is 4. The lowest BCUT2D eigenvalue weighted by Crippen LogP contribution is -2.17. The Kier molecular flexibility index (Phi) is 5.13. The molecule has 10 nitrogen and oxygen atoms in total. The first-order chi connectivity index (χ1) is 13.5. The number of aromatic nitrogens is 6. The van der Waals surface area contributed by atoms with Crippen molar-refractivity contribution in [2.75, 3.05) is 5.32 Å². The molecule has 0 saturated carbocycles. The Balaban J connectivity index is 1.96. The van der Waals surface area contributed by atoms with Gasteiger partial charge in [0.2, 0.25) is 0 Å². The van der Waals surface area contributed by atoms with Crippen LogP contribution in [-0.2, 0) is 0 Å². The van der Waals surface area contributed by atoms with Gasteiger partial charge in [-0.3, -0.25) is 20.1 Å². The van der Waals surface area contributed by atoms with Gasteiger partial charge in [0.25, 0.3) is 5.91 Å². The van der Waals surface area contributed by atoms with E-state index >= 15 is 0 Å². The fourth-order valence-electron chi connectivity index (χ4n) is 2.18. The van der Waals surface area contributed by atoms with Crippen molar-refractivity contribution in [3.63, 3.8) is 0 Å². The third kappa shape index (κ3) is 3.86. The van der Waals surface area contributed by atoms with Gasteiger partial charge in [-0.05, 0) is 18.2 Å². The number of amides is 1. The molecule has 2 aromatic heterocycles. The Labute approximate surface area is 156 Å². The zero-order valence-electron chi connectivity index (χ0n) is 14.0. The summed E-state index contributed by atoms with van der Waals surface area (Å²) >= 11 is 0. The normalized spacial score (nSPS) is 10.0. The molecule has 3 rings (SSSR count). The Morgan fingerprint density at radius 3 is 2.75 bits per heavy atom. The summed E-state index contributed by atoms with van der Waals surface area (Å²) in [5.41, 5.74) is -0.267. The number of hydrogen-bond donors (Lipinski definition) is 5. The molecule has 0 fully saturated rings. The van der Waals surface area contributed by atoms with E-state index in [4.69, 9.17) is 6.42 Å². The molecule has 5 N–H and O–H groups in total. The average molecular weight is 381 g/mol. The van der Waals surface area contributed by atoms with Crippen molar-refractivity contribution >= 4 is 17.6 Å². The van der Waals surface area contributed by atoms with Gasteiger partial charge in [-0.2, -0.15) is 15.3 Å². The lowest BCUT2D eigenvalue weighted by molar-refractivity contribution is 0.0697. The molecule has 28 heavy (non-hydrogen) atoms. The van der Waals surface area contributed by atoms with Crippen molar-refractivity contribution in [1.82, 2.24) is 30.6 Å². The number of terminal acetylenes is 1. The van der Waals surface area contributed by atoms with E-state index in [9.17, 15) is 19.1 Å². The van der Waals surface area contributed by atoms with E-state index in [-0.39, 0.29) is 22.8 Å². The molecule has 140 valence electrons. The van der Waals surface area contributed by atoms with Gasteiger partial charge in [0.15, 0.2) is 5.82 Å². The summed E-state index contributed by atoms with van der Waals surface area (Å²) in [6, 6.07) is 3.12. The van der Waals surface area contributed by atoms with E-state index in [1.807, 2.05) is 0 Å². The molecule has 0 saturated heterocycles. The molecule has 0 spiro atoms. The van der Waals surface area contributed by atoms with Gasteiger partial charge in [-0.15, -0.1) is 6.42 Å². The Morgan fingerprint density at radius 1 is 1.25 bits per heavy atom. The Bertz CT molecular complexity index is 1120. The molecule has 0 aliphatic heterocycles. The number of carbonyl (C=O) groups is 2. The number of nitrogens with one attached hydrogen (secondary N) is 4. The second-order valence-electron chi connectivity index (χ2n) is 5.31. The van der Waals surface area contributed by atoms with E-state index in [1.165, 1.54) is 18.5 Å². The Hall–Kier alpha value is -4.46. The molecule has 1 aromatic carbocycles. The van der Waals surface area contributed by atoms with Crippen LogP contribution in [0.25, 0.3) is 11.4 Å². The zero-order chi connectivity index (χ0) is 20.1. The molecule has 0 aliphatic carbocycles. The number of anilines is 1. The van der Waals surface area contributed by atoms with Gasteiger partial charge in [0.05, 0.1) is 28.6 Å². The van der Waals surface area contributed by atoms with Crippen LogP contribution in [0.1, 0.15) is 26.4 Å². The number of benzene rings is 1. The second-order valence-corrected chi connectivity index (χ2v) is 5.31. The molecular formula is C17H12FN7O3. The van der Waals surface area contributed by atoms with Crippen molar-refractivity contribution in [3.8, 4) is 23.7 Å². The second kappa shape index (κ2) is 7.83. The predicted octanol–water partition coefficient (Wildman–Crippen LogP) is 1.72. The number of H-pyrrole nitrogens is 3. The van der Waals surface area contributed by atoms with E-state index in [0.717, 1.165) is 12.1 Å². The zero-order valence-corrected chi connectivity index (χ0v) is 14.0. The molecule has 0 atom stereocenters. The van der Waals surface area contributed by atoms with Crippen molar-refractivity contribution < 1.29 is 19.1 Å². The first kappa shape index (κ1) is 18.3. The van der Waals surface area contributed by atoms with Gasteiger partial charge in [0.1, 0.15) is 11.5 Å².